The Morgan fingerprint density at radius 3 is 2.17 bits per heavy atom. The predicted molar refractivity (Wildman–Crippen MR) is 187 cm³/mol. The highest BCUT2D eigenvalue weighted by Gasteiger charge is 2.71. The summed E-state index contributed by atoms with van der Waals surface area (Å²) >= 11 is 0. The highest BCUT2D eigenvalue weighted by Crippen LogP contribution is 2.78. The van der Waals surface area contributed by atoms with Crippen LogP contribution in [-0.4, -0.2) is 35.1 Å². The third kappa shape index (κ3) is 6.02. The number of fused-ring (bicyclic) bond motifs is 7. The number of carbonyl (C=O) groups excluding carboxylic acids is 2. The first kappa shape index (κ1) is 36.4. The lowest BCUT2D eigenvalue weighted by Gasteiger charge is -2.73. The Kier molecular flexibility index (Phi) is 9.44. The SMILES string of the molecule is C=C(C)[C@@H]1CC[C@]2(CC(=O)NC(C)C)CC[C@]3(C)[C@H](CCC4[C@@]5(C)CC[C@H](OC(=O)CC(C)(C)CC(=O)O)C(C)(C)C5CC[C@]43C)C12. The Balaban J connectivity index is 1.39. The van der Waals surface area contributed by atoms with Crippen molar-refractivity contribution in [2.75, 3.05) is 0 Å². The molecule has 6 nitrogen and oxygen atoms in total. The Labute approximate surface area is 286 Å². The van der Waals surface area contributed by atoms with Crippen molar-refractivity contribution in [3.05, 3.63) is 12.2 Å². The minimum absolute atomic E-state index is 0.0445. The van der Waals surface area contributed by atoms with Crippen molar-refractivity contribution < 1.29 is 24.2 Å². The van der Waals surface area contributed by atoms with E-state index in [9.17, 15) is 19.5 Å². The van der Waals surface area contributed by atoms with Crippen LogP contribution < -0.4 is 5.32 Å². The van der Waals surface area contributed by atoms with Crippen molar-refractivity contribution in [2.45, 2.75) is 165 Å². The zero-order valence-electron chi connectivity index (χ0n) is 31.5. The van der Waals surface area contributed by atoms with Crippen LogP contribution in [-0.2, 0) is 19.1 Å². The zero-order chi connectivity index (χ0) is 35.0. The molecule has 1 amide bonds. The molecule has 0 aliphatic heterocycles. The summed E-state index contributed by atoms with van der Waals surface area (Å²) in [6.45, 7) is 27.1. The van der Waals surface area contributed by atoms with Crippen molar-refractivity contribution in [1.29, 1.82) is 0 Å². The Hall–Kier alpha value is -1.85. The summed E-state index contributed by atoms with van der Waals surface area (Å²) in [4.78, 5) is 37.9. The smallest absolute Gasteiger partial charge is 0.306 e. The van der Waals surface area contributed by atoms with E-state index in [1.54, 1.807) is 0 Å². The summed E-state index contributed by atoms with van der Waals surface area (Å²) < 4.78 is 6.26. The van der Waals surface area contributed by atoms with Gasteiger partial charge in [0.05, 0.1) is 12.8 Å². The van der Waals surface area contributed by atoms with Crippen LogP contribution >= 0.6 is 0 Å². The maximum absolute atomic E-state index is 13.3. The lowest BCUT2D eigenvalue weighted by Crippen LogP contribution is -2.67. The molecule has 5 rings (SSSR count). The van der Waals surface area contributed by atoms with Crippen molar-refractivity contribution in [1.82, 2.24) is 5.32 Å². The van der Waals surface area contributed by atoms with Crippen LogP contribution in [0, 0.1) is 62.1 Å². The van der Waals surface area contributed by atoms with Gasteiger partial charge in [-0.15, -0.1) is 0 Å². The number of rotatable bonds is 9. The van der Waals surface area contributed by atoms with Gasteiger partial charge in [-0.2, -0.15) is 0 Å². The van der Waals surface area contributed by atoms with Gasteiger partial charge in [0.2, 0.25) is 5.91 Å². The van der Waals surface area contributed by atoms with E-state index in [0.29, 0.717) is 36.0 Å². The Morgan fingerprint density at radius 1 is 0.872 bits per heavy atom. The largest absolute Gasteiger partial charge is 0.481 e. The third-order valence-electron chi connectivity index (χ3n) is 15.7. The van der Waals surface area contributed by atoms with Crippen LogP contribution in [0.4, 0.5) is 0 Å². The molecule has 2 N–H and O–H groups in total. The van der Waals surface area contributed by atoms with Crippen molar-refractivity contribution in [2.24, 2.45) is 62.1 Å². The number of carbonyl (C=O) groups is 3. The van der Waals surface area contributed by atoms with E-state index in [-0.39, 0.29) is 63.9 Å². The van der Waals surface area contributed by atoms with E-state index >= 15 is 0 Å². The summed E-state index contributed by atoms with van der Waals surface area (Å²) in [6.07, 6.45) is 12.0. The third-order valence-corrected chi connectivity index (χ3v) is 15.7. The number of esters is 1. The van der Waals surface area contributed by atoms with Gasteiger partial charge in [-0.05, 0) is 142 Å². The predicted octanol–water partition coefficient (Wildman–Crippen LogP) is 9.36. The Bertz CT molecular complexity index is 1270. The molecule has 3 unspecified atom stereocenters. The maximum atomic E-state index is 13.3. The van der Waals surface area contributed by atoms with E-state index in [1.807, 2.05) is 13.8 Å². The normalized spacial score (nSPS) is 42.4. The molecule has 10 atom stereocenters. The van der Waals surface area contributed by atoms with E-state index in [2.05, 4.69) is 67.3 Å². The quantitative estimate of drug-likeness (QED) is 0.191. The number of amides is 1. The maximum Gasteiger partial charge on any atom is 0.306 e. The van der Waals surface area contributed by atoms with Gasteiger partial charge in [0, 0.05) is 17.9 Å². The fourth-order valence-electron chi connectivity index (χ4n) is 13.5. The molecule has 0 spiro atoms. The number of hydrogen-bond donors (Lipinski definition) is 2. The monoisotopic (exact) mass is 654 g/mol. The van der Waals surface area contributed by atoms with Gasteiger partial charge in [0.15, 0.2) is 0 Å². The first-order chi connectivity index (χ1) is 21.6. The first-order valence-electron chi connectivity index (χ1n) is 19.0. The zero-order valence-corrected chi connectivity index (χ0v) is 31.5. The van der Waals surface area contributed by atoms with E-state index in [1.165, 1.54) is 37.7 Å². The second kappa shape index (κ2) is 12.2. The molecular weight excluding hydrogens is 586 g/mol. The van der Waals surface area contributed by atoms with Gasteiger partial charge in [-0.1, -0.05) is 60.6 Å². The fraction of sp³-hybridized carbons (Fsp3) is 0.878. The minimum Gasteiger partial charge on any atom is -0.481 e. The first-order valence-corrected chi connectivity index (χ1v) is 19.0. The molecule has 0 radical (unpaired) electrons. The molecule has 0 bridgehead atoms. The highest BCUT2D eigenvalue weighted by atomic mass is 16.5. The van der Waals surface area contributed by atoms with Gasteiger partial charge in [0.25, 0.3) is 0 Å². The minimum atomic E-state index is -0.881. The molecule has 6 heteroatoms. The van der Waals surface area contributed by atoms with Crippen molar-refractivity contribution in [3.63, 3.8) is 0 Å². The average Bonchev–Trinajstić information content (AvgIpc) is 3.28. The molecule has 0 heterocycles. The topological polar surface area (TPSA) is 92.7 Å². The molecular formula is C41H67NO5. The molecule has 0 aromatic carbocycles. The lowest BCUT2D eigenvalue weighted by atomic mass is 9.32. The summed E-state index contributed by atoms with van der Waals surface area (Å²) in [5.41, 5.74) is 1.22. The number of nitrogens with one attached hydrogen (secondary N) is 1. The van der Waals surface area contributed by atoms with Crippen LogP contribution in [0.5, 0.6) is 0 Å². The molecule has 0 aromatic rings. The van der Waals surface area contributed by atoms with Gasteiger partial charge in [0.1, 0.15) is 6.10 Å². The molecule has 5 aliphatic carbocycles. The number of aliphatic carboxylic acids is 1. The molecule has 5 fully saturated rings. The number of carboxylic acid groups (broad SMARTS) is 1. The number of carboxylic acids is 1. The average molecular weight is 654 g/mol. The van der Waals surface area contributed by atoms with Crippen LogP contribution in [0.15, 0.2) is 12.2 Å². The number of allylic oxidation sites excluding steroid dienone is 1. The fourth-order valence-corrected chi connectivity index (χ4v) is 13.5. The van der Waals surface area contributed by atoms with Crippen molar-refractivity contribution >= 4 is 17.8 Å². The number of hydrogen-bond acceptors (Lipinski definition) is 4. The molecule has 5 saturated carbocycles. The molecule has 0 saturated heterocycles. The second-order valence-electron chi connectivity index (χ2n) is 19.7. The number of ether oxygens (including phenoxy) is 1. The van der Waals surface area contributed by atoms with Crippen LogP contribution in [0.1, 0.15) is 153 Å². The van der Waals surface area contributed by atoms with E-state index < -0.39 is 11.4 Å². The molecule has 5 aliphatic rings. The van der Waals surface area contributed by atoms with E-state index in [4.69, 9.17) is 4.74 Å². The van der Waals surface area contributed by atoms with E-state index in [0.717, 1.165) is 32.1 Å². The molecule has 0 aromatic heterocycles. The lowest BCUT2D eigenvalue weighted by molar-refractivity contribution is -0.250. The second-order valence-corrected chi connectivity index (χ2v) is 19.7. The summed E-state index contributed by atoms with van der Waals surface area (Å²) in [7, 11) is 0. The summed E-state index contributed by atoms with van der Waals surface area (Å²) in [5.74, 6) is 1.80. The summed E-state index contributed by atoms with van der Waals surface area (Å²) in [5, 5.41) is 12.6. The van der Waals surface area contributed by atoms with Gasteiger partial charge < -0.3 is 15.2 Å². The standard InChI is InChI=1S/C41H67NO5/c1-25(2)27-14-19-41(22-32(43)42-26(3)4)21-20-39(10)28(35(27)41)12-13-30-38(9)17-16-31(37(7,8)29(38)15-18-40(30,39)11)47-34(46)24-36(5,6)23-33(44)45/h26-31,35H,1,12-24H2,2-11H3,(H,42,43)(H,44,45)/t27-,28+,29?,30?,31-,35?,38-,39+,40+,41+/m0/s1. The van der Waals surface area contributed by atoms with Gasteiger partial charge >= 0.3 is 11.9 Å². The van der Waals surface area contributed by atoms with Gasteiger partial charge in [-0.3, -0.25) is 14.4 Å². The van der Waals surface area contributed by atoms with Crippen LogP contribution in [0.25, 0.3) is 0 Å². The summed E-state index contributed by atoms with van der Waals surface area (Å²) in [6, 6.07) is 0.168. The van der Waals surface area contributed by atoms with Gasteiger partial charge in [-0.25, -0.2) is 0 Å². The van der Waals surface area contributed by atoms with Crippen LogP contribution in [0.2, 0.25) is 0 Å². The highest BCUT2D eigenvalue weighted by molar-refractivity contribution is 5.77. The molecule has 47 heavy (non-hydrogen) atoms. The van der Waals surface area contributed by atoms with Crippen LogP contribution in [0.3, 0.4) is 0 Å². The van der Waals surface area contributed by atoms with Crippen molar-refractivity contribution in [3.8, 4) is 0 Å². The molecule has 266 valence electrons. The Morgan fingerprint density at radius 2 is 1.55 bits per heavy atom.